The molecule has 0 bridgehead atoms. The minimum atomic E-state index is -0.190. The largest absolute Gasteiger partial charge is 0.480 e. The highest BCUT2D eigenvalue weighted by Crippen LogP contribution is 2.25. The Bertz CT molecular complexity index is 504. The number of hydrogen-bond acceptors (Lipinski definition) is 4. The summed E-state index contributed by atoms with van der Waals surface area (Å²) in [5.41, 5.74) is 1.54. The van der Waals surface area contributed by atoms with Gasteiger partial charge < -0.3 is 14.4 Å². The number of aryl methyl sites for hydroxylation is 2. The second kappa shape index (κ2) is 5.44. The molecular formula is C14H23N3O3. The van der Waals surface area contributed by atoms with E-state index < -0.39 is 0 Å². The third kappa shape index (κ3) is 2.80. The van der Waals surface area contributed by atoms with Crippen LogP contribution in [0.1, 0.15) is 25.2 Å². The lowest BCUT2D eigenvalue weighted by molar-refractivity contribution is -0.164. The van der Waals surface area contributed by atoms with Gasteiger partial charge in [-0.3, -0.25) is 9.48 Å². The first-order valence-corrected chi connectivity index (χ1v) is 6.91. The average molecular weight is 281 g/mol. The molecule has 1 saturated heterocycles. The Morgan fingerprint density at radius 2 is 2.05 bits per heavy atom. The summed E-state index contributed by atoms with van der Waals surface area (Å²) >= 11 is 0. The monoisotopic (exact) mass is 281 g/mol. The highest BCUT2D eigenvalue weighted by molar-refractivity contribution is 5.79. The molecule has 0 unspecified atom stereocenters. The van der Waals surface area contributed by atoms with E-state index in [1.54, 1.807) is 9.58 Å². The minimum absolute atomic E-state index is 0.00942. The molecule has 0 aromatic carbocycles. The number of amides is 1. The van der Waals surface area contributed by atoms with E-state index in [9.17, 15) is 4.79 Å². The average Bonchev–Trinajstić information content (AvgIpc) is 2.58. The molecule has 0 aliphatic carbocycles. The fourth-order valence-electron chi connectivity index (χ4n) is 2.57. The lowest BCUT2D eigenvalue weighted by atomic mass is 9.96. The van der Waals surface area contributed by atoms with Gasteiger partial charge in [0.1, 0.15) is 11.3 Å². The standard InChI is InChI=1S/C14H23N3O3/c1-6-20-14(4)8-17(9-14)12(18)7-19-13-10(2)15-16(5)11(13)3/h6-9H2,1-5H3. The topological polar surface area (TPSA) is 56.6 Å². The van der Waals surface area contributed by atoms with Crippen LogP contribution in [0.15, 0.2) is 0 Å². The molecule has 0 N–H and O–H groups in total. The fraction of sp³-hybridized carbons (Fsp3) is 0.714. The molecule has 6 nitrogen and oxygen atoms in total. The van der Waals surface area contributed by atoms with Crippen LogP contribution in [0, 0.1) is 13.8 Å². The van der Waals surface area contributed by atoms with Gasteiger partial charge in [-0.1, -0.05) is 0 Å². The van der Waals surface area contributed by atoms with E-state index in [1.165, 1.54) is 0 Å². The van der Waals surface area contributed by atoms with Gasteiger partial charge in [-0.2, -0.15) is 5.10 Å². The molecule has 2 heterocycles. The summed E-state index contributed by atoms with van der Waals surface area (Å²) in [6, 6.07) is 0. The third-order valence-electron chi connectivity index (χ3n) is 3.68. The van der Waals surface area contributed by atoms with Crippen molar-refractivity contribution in [2.24, 2.45) is 7.05 Å². The summed E-state index contributed by atoms with van der Waals surface area (Å²) in [6.07, 6.45) is 0. The Kier molecular flexibility index (Phi) is 4.04. The van der Waals surface area contributed by atoms with Gasteiger partial charge in [0, 0.05) is 13.7 Å². The molecule has 0 radical (unpaired) electrons. The van der Waals surface area contributed by atoms with Crippen LogP contribution in [0.3, 0.4) is 0 Å². The maximum Gasteiger partial charge on any atom is 0.260 e. The summed E-state index contributed by atoms with van der Waals surface area (Å²) in [4.78, 5) is 13.8. The molecule has 1 fully saturated rings. The zero-order chi connectivity index (χ0) is 14.9. The Labute approximate surface area is 119 Å². The second-order valence-corrected chi connectivity index (χ2v) is 5.54. The number of aromatic nitrogens is 2. The second-order valence-electron chi connectivity index (χ2n) is 5.54. The molecular weight excluding hydrogens is 258 g/mol. The van der Waals surface area contributed by atoms with Gasteiger partial charge in [-0.25, -0.2) is 0 Å². The van der Waals surface area contributed by atoms with Crippen molar-refractivity contribution < 1.29 is 14.3 Å². The summed E-state index contributed by atoms with van der Waals surface area (Å²) in [5.74, 6) is 0.693. The van der Waals surface area contributed by atoms with E-state index in [0.717, 1.165) is 11.4 Å². The number of carbonyl (C=O) groups excluding carboxylic acids is 1. The van der Waals surface area contributed by atoms with Gasteiger partial charge in [0.05, 0.1) is 18.8 Å². The van der Waals surface area contributed by atoms with E-state index in [1.807, 2.05) is 34.7 Å². The molecule has 0 atom stereocenters. The quantitative estimate of drug-likeness (QED) is 0.809. The number of nitrogens with zero attached hydrogens (tertiary/aromatic N) is 3. The molecule has 112 valence electrons. The molecule has 1 aliphatic heterocycles. The maximum absolute atomic E-state index is 12.0. The van der Waals surface area contributed by atoms with Crippen molar-refractivity contribution in [1.82, 2.24) is 14.7 Å². The highest BCUT2D eigenvalue weighted by Gasteiger charge is 2.42. The lowest BCUT2D eigenvalue weighted by Gasteiger charge is -2.47. The molecule has 0 spiro atoms. The summed E-state index contributed by atoms with van der Waals surface area (Å²) in [7, 11) is 1.86. The van der Waals surface area contributed by atoms with E-state index >= 15 is 0 Å². The molecule has 2 rings (SSSR count). The fourth-order valence-corrected chi connectivity index (χ4v) is 2.57. The predicted molar refractivity (Wildman–Crippen MR) is 74.8 cm³/mol. The van der Waals surface area contributed by atoms with Gasteiger partial charge in [0.2, 0.25) is 0 Å². The smallest absolute Gasteiger partial charge is 0.260 e. The normalized spacial score (nSPS) is 16.9. The van der Waals surface area contributed by atoms with Crippen LogP contribution in [0.2, 0.25) is 0 Å². The molecule has 1 aliphatic rings. The van der Waals surface area contributed by atoms with Gasteiger partial charge >= 0.3 is 0 Å². The van der Waals surface area contributed by atoms with Gasteiger partial charge in [-0.05, 0) is 27.7 Å². The zero-order valence-corrected chi connectivity index (χ0v) is 12.9. The molecule has 1 aromatic rings. The number of likely N-dealkylation sites (tertiary alicyclic amines) is 1. The Balaban J connectivity index is 1.85. The molecule has 1 aromatic heterocycles. The molecule has 0 saturated carbocycles. The third-order valence-corrected chi connectivity index (χ3v) is 3.68. The van der Waals surface area contributed by atoms with Crippen LogP contribution in [-0.2, 0) is 16.6 Å². The van der Waals surface area contributed by atoms with Crippen LogP contribution >= 0.6 is 0 Å². The van der Waals surface area contributed by atoms with Crippen molar-refractivity contribution in [2.75, 3.05) is 26.3 Å². The molecule has 6 heteroatoms. The first-order valence-electron chi connectivity index (χ1n) is 6.91. The maximum atomic E-state index is 12.0. The van der Waals surface area contributed by atoms with Crippen molar-refractivity contribution in [3.63, 3.8) is 0 Å². The predicted octanol–water partition coefficient (Wildman–Crippen LogP) is 1.05. The number of ether oxygens (including phenoxy) is 2. The first kappa shape index (κ1) is 14.8. The summed E-state index contributed by atoms with van der Waals surface area (Å²) in [6.45, 7) is 9.78. The summed E-state index contributed by atoms with van der Waals surface area (Å²) < 4.78 is 13.0. The zero-order valence-electron chi connectivity index (χ0n) is 12.9. The van der Waals surface area contributed by atoms with Crippen LogP contribution in [0.25, 0.3) is 0 Å². The Morgan fingerprint density at radius 1 is 1.40 bits per heavy atom. The number of carbonyl (C=O) groups is 1. The molecule has 1 amide bonds. The van der Waals surface area contributed by atoms with E-state index in [2.05, 4.69) is 5.10 Å². The SMILES string of the molecule is CCOC1(C)CN(C(=O)COc2c(C)nn(C)c2C)C1. The van der Waals surface area contributed by atoms with Gasteiger partial charge in [-0.15, -0.1) is 0 Å². The van der Waals surface area contributed by atoms with E-state index in [4.69, 9.17) is 9.47 Å². The number of rotatable bonds is 5. The lowest BCUT2D eigenvalue weighted by Crippen LogP contribution is -2.63. The Hall–Kier alpha value is -1.56. The van der Waals surface area contributed by atoms with Gasteiger partial charge in [0.15, 0.2) is 12.4 Å². The summed E-state index contributed by atoms with van der Waals surface area (Å²) in [5, 5.41) is 4.26. The minimum Gasteiger partial charge on any atom is -0.480 e. The highest BCUT2D eigenvalue weighted by atomic mass is 16.5. The van der Waals surface area contributed by atoms with Crippen molar-refractivity contribution in [3.05, 3.63) is 11.4 Å². The van der Waals surface area contributed by atoms with Crippen LogP contribution < -0.4 is 4.74 Å². The molecule has 20 heavy (non-hydrogen) atoms. The van der Waals surface area contributed by atoms with E-state index in [-0.39, 0.29) is 18.1 Å². The van der Waals surface area contributed by atoms with Crippen LogP contribution in [-0.4, -0.2) is 52.5 Å². The van der Waals surface area contributed by atoms with E-state index in [0.29, 0.717) is 25.4 Å². The van der Waals surface area contributed by atoms with Crippen molar-refractivity contribution in [1.29, 1.82) is 0 Å². The van der Waals surface area contributed by atoms with Crippen molar-refractivity contribution >= 4 is 5.91 Å². The Morgan fingerprint density at radius 3 is 2.55 bits per heavy atom. The van der Waals surface area contributed by atoms with Gasteiger partial charge in [0.25, 0.3) is 5.91 Å². The number of hydrogen-bond donors (Lipinski definition) is 0. The van der Waals surface area contributed by atoms with Crippen molar-refractivity contribution in [2.45, 2.75) is 33.3 Å². The first-order chi connectivity index (χ1) is 9.36. The van der Waals surface area contributed by atoms with Crippen LogP contribution in [0.5, 0.6) is 5.75 Å². The van der Waals surface area contributed by atoms with Crippen LogP contribution in [0.4, 0.5) is 0 Å². The van der Waals surface area contributed by atoms with Crippen molar-refractivity contribution in [3.8, 4) is 5.75 Å².